The summed E-state index contributed by atoms with van der Waals surface area (Å²) in [6.07, 6.45) is 3.05. The molecule has 0 radical (unpaired) electrons. The smallest absolute Gasteiger partial charge is 0.221 e. The van der Waals surface area contributed by atoms with Crippen molar-refractivity contribution in [3.63, 3.8) is 0 Å². The average Bonchev–Trinajstić information content (AvgIpc) is 2.40. The van der Waals surface area contributed by atoms with Crippen LogP contribution in [0.5, 0.6) is 0 Å². The van der Waals surface area contributed by atoms with Crippen LogP contribution in [-0.4, -0.2) is 15.9 Å². The number of amides is 1. The molecule has 0 saturated carbocycles. The first-order valence-electron chi connectivity index (χ1n) is 5.71. The third kappa shape index (κ3) is 3.74. The van der Waals surface area contributed by atoms with Gasteiger partial charge in [0.05, 0.1) is 17.9 Å². The van der Waals surface area contributed by atoms with Crippen molar-refractivity contribution in [1.82, 2.24) is 9.97 Å². The summed E-state index contributed by atoms with van der Waals surface area (Å²) in [6, 6.07) is 6.08. The molecule has 2 aromatic rings. The maximum absolute atomic E-state index is 13.6. The summed E-state index contributed by atoms with van der Waals surface area (Å²) >= 11 is 0. The van der Waals surface area contributed by atoms with Crippen molar-refractivity contribution < 1.29 is 9.18 Å². The van der Waals surface area contributed by atoms with Gasteiger partial charge in [-0.25, -0.2) is 14.4 Å². The fraction of sp³-hybridized carbons (Fsp3) is 0.154. The van der Waals surface area contributed by atoms with E-state index in [1.54, 1.807) is 12.3 Å². The van der Waals surface area contributed by atoms with Gasteiger partial charge in [0.25, 0.3) is 0 Å². The third-order valence-electron chi connectivity index (χ3n) is 2.39. The Balaban J connectivity index is 2.08. The van der Waals surface area contributed by atoms with E-state index in [0.29, 0.717) is 17.9 Å². The number of halogens is 1. The molecular weight excluding hydrogens is 247 g/mol. The summed E-state index contributed by atoms with van der Waals surface area (Å²) in [5.74, 6) is -0.587. The Morgan fingerprint density at radius 1 is 1.37 bits per heavy atom. The zero-order valence-electron chi connectivity index (χ0n) is 10.4. The van der Waals surface area contributed by atoms with Gasteiger partial charge in [-0.05, 0) is 24.3 Å². The van der Waals surface area contributed by atoms with Crippen molar-refractivity contribution in [3.05, 3.63) is 48.3 Å². The van der Waals surface area contributed by atoms with Gasteiger partial charge in [0, 0.05) is 18.8 Å². The van der Waals surface area contributed by atoms with Gasteiger partial charge in [-0.1, -0.05) is 0 Å². The molecule has 2 N–H and O–H groups in total. The molecule has 0 fully saturated rings. The Bertz CT molecular complexity index is 574. The van der Waals surface area contributed by atoms with Crippen molar-refractivity contribution >= 4 is 17.3 Å². The van der Waals surface area contributed by atoms with Gasteiger partial charge in [0.2, 0.25) is 5.91 Å². The predicted molar refractivity (Wildman–Crippen MR) is 70.1 cm³/mol. The highest BCUT2D eigenvalue weighted by Crippen LogP contribution is 2.20. The van der Waals surface area contributed by atoms with Crippen LogP contribution >= 0.6 is 0 Å². The van der Waals surface area contributed by atoms with E-state index in [1.807, 2.05) is 0 Å². The lowest BCUT2D eigenvalue weighted by atomic mass is 10.2. The van der Waals surface area contributed by atoms with E-state index in [-0.39, 0.29) is 11.7 Å². The van der Waals surface area contributed by atoms with Crippen LogP contribution in [0.15, 0.2) is 36.8 Å². The Morgan fingerprint density at radius 2 is 2.21 bits per heavy atom. The van der Waals surface area contributed by atoms with Gasteiger partial charge in [0.15, 0.2) is 0 Å². The van der Waals surface area contributed by atoms with Gasteiger partial charge >= 0.3 is 0 Å². The van der Waals surface area contributed by atoms with E-state index in [0.717, 1.165) is 5.69 Å². The highest BCUT2D eigenvalue weighted by Gasteiger charge is 2.04. The summed E-state index contributed by atoms with van der Waals surface area (Å²) in [5.41, 5.74) is 1.60. The fourth-order valence-electron chi connectivity index (χ4n) is 1.55. The number of nitrogens with zero attached hydrogens (tertiary/aromatic N) is 2. The van der Waals surface area contributed by atoms with Gasteiger partial charge in [-0.15, -0.1) is 0 Å². The number of carbonyl (C=O) groups excluding carboxylic acids is 1. The number of benzene rings is 1. The first kappa shape index (κ1) is 12.9. The van der Waals surface area contributed by atoms with Crippen molar-refractivity contribution in [3.8, 4) is 0 Å². The minimum absolute atomic E-state index is 0.201. The first-order chi connectivity index (χ1) is 9.15. The van der Waals surface area contributed by atoms with Crippen LogP contribution in [0.25, 0.3) is 0 Å². The van der Waals surface area contributed by atoms with E-state index in [2.05, 4.69) is 20.6 Å². The van der Waals surface area contributed by atoms with Gasteiger partial charge in [-0.3, -0.25) is 4.79 Å². The highest BCUT2D eigenvalue weighted by molar-refractivity contribution is 5.89. The molecule has 0 unspecified atom stereocenters. The molecule has 19 heavy (non-hydrogen) atoms. The quantitative estimate of drug-likeness (QED) is 0.884. The van der Waals surface area contributed by atoms with E-state index in [1.165, 1.54) is 31.5 Å². The maximum Gasteiger partial charge on any atom is 0.221 e. The number of nitrogens with one attached hydrogen (secondary N) is 2. The van der Waals surface area contributed by atoms with Crippen LogP contribution in [0.4, 0.5) is 15.8 Å². The van der Waals surface area contributed by atoms with E-state index in [9.17, 15) is 9.18 Å². The summed E-state index contributed by atoms with van der Waals surface area (Å²) in [4.78, 5) is 18.8. The average molecular weight is 260 g/mol. The Hall–Kier alpha value is -2.50. The van der Waals surface area contributed by atoms with Crippen LogP contribution in [0, 0.1) is 5.82 Å². The second kappa shape index (κ2) is 5.90. The molecular formula is C13H13FN4O. The van der Waals surface area contributed by atoms with E-state index >= 15 is 0 Å². The molecule has 1 heterocycles. The van der Waals surface area contributed by atoms with Gasteiger partial charge in [0.1, 0.15) is 12.1 Å². The standard InChI is InChI=1S/C13H13FN4O/c1-9(19)18-10-2-3-12(14)13(6-10)16-7-11-4-5-15-8-17-11/h2-6,8,16H,7H2,1H3,(H,18,19). The molecule has 0 aliphatic heterocycles. The molecule has 0 aliphatic carbocycles. The van der Waals surface area contributed by atoms with E-state index in [4.69, 9.17) is 0 Å². The molecule has 98 valence electrons. The van der Waals surface area contributed by atoms with Crippen LogP contribution in [0.2, 0.25) is 0 Å². The number of aromatic nitrogens is 2. The van der Waals surface area contributed by atoms with Crippen molar-refractivity contribution in [2.75, 3.05) is 10.6 Å². The second-order valence-corrected chi connectivity index (χ2v) is 3.93. The van der Waals surface area contributed by atoms with Crippen molar-refractivity contribution in [2.24, 2.45) is 0 Å². The van der Waals surface area contributed by atoms with Gasteiger partial charge in [-0.2, -0.15) is 0 Å². The third-order valence-corrected chi connectivity index (χ3v) is 2.39. The molecule has 0 atom stereocenters. The predicted octanol–water partition coefficient (Wildman–Crippen LogP) is 2.19. The normalized spacial score (nSPS) is 10.0. The molecule has 0 aliphatic rings. The van der Waals surface area contributed by atoms with Crippen LogP contribution in [0.3, 0.4) is 0 Å². The molecule has 0 saturated heterocycles. The second-order valence-electron chi connectivity index (χ2n) is 3.93. The van der Waals surface area contributed by atoms with Crippen molar-refractivity contribution in [1.29, 1.82) is 0 Å². The minimum Gasteiger partial charge on any atom is -0.377 e. The lowest BCUT2D eigenvalue weighted by Gasteiger charge is -2.09. The van der Waals surface area contributed by atoms with Crippen LogP contribution in [-0.2, 0) is 11.3 Å². The number of hydrogen-bond acceptors (Lipinski definition) is 4. The zero-order chi connectivity index (χ0) is 13.7. The molecule has 2 rings (SSSR count). The summed E-state index contributed by atoms with van der Waals surface area (Å²) in [7, 11) is 0. The largest absolute Gasteiger partial charge is 0.377 e. The molecule has 1 aromatic carbocycles. The van der Waals surface area contributed by atoms with E-state index < -0.39 is 0 Å². The molecule has 0 bridgehead atoms. The number of rotatable bonds is 4. The number of carbonyl (C=O) groups is 1. The minimum atomic E-state index is -0.386. The lowest BCUT2D eigenvalue weighted by molar-refractivity contribution is -0.114. The number of hydrogen-bond donors (Lipinski definition) is 2. The Kier molecular flexibility index (Phi) is 4.02. The SMILES string of the molecule is CC(=O)Nc1ccc(F)c(NCc2ccncn2)c1. The van der Waals surface area contributed by atoms with Crippen molar-refractivity contribution in [2.45, 2.75) is 13.5 Å². The Morgan fingerprint density at radius 3 is 2.89 bits per heavy atom. The molecule has 1 amide bonds. The Labute approximate surface area is 109 Å². The van der Waals surface area contributed by atoms with Crippen LogP contribution in [0.1, 0.15) is 12.6 Å². The lowest BCUT2D eigenvalue weighted by Crippen LogP contribution is -2.08. The van der Waals surface area contributed by atoms with Crippen LogP contribution < -0.4 is 10.6 Å². The molecule has 0 spiro atoms. The topological polar surface area (TPSA) is 66.9 Å². The summed E-state index contributed by atoms with van der Waals surface area (Å²) in [6.45, 7) is 1.78. The van der Waals surface area contributed by atoms with Gasteiger partial charge < -0.3 is 10.6 Å². The fourth-order valence-corrected chi connectivity index (χ4v) is 1.55. The highest BCUT2D eigenvalue weighted by atomic mass is 19.1. The molecule has 1 aromatic heterocycles. The summed E-state index contributed by atoms with van der Waals surface area (Å²) in [5, 5.41) is 5.53. The maximum atomic E-state index is 13.6. The monoisotopic (exact) mass is 260 g/mol. The summed E-state index contributed by atoms with van der Waals surface area (Å²) < 4.78 is 13.6. The first-order valence-corrected chi connectivity index (χ1v) is 5.71. The zero-order valence-corrected chi connectivity index (χ0v) is 10.4. The molecule has 5 nitrogen and oxygen atoms in total. The molecule has 6 heteroatoms. The number of anilines is 2.